The lowest BCUT2D eigenvalue weighted by atomic mass is 10.0. The maximum atomic E-state index is 11.5. The first-order valence-corrected chi connectivity index (χ1v) is 4.97. The molecule has 0 aromatic carbocycles. The first-order chi connectivity index (χ1) is 6.27. The molecule has 4 heteroatoms. The fraction of sp³-hybridized carbons (Fsp3) is 0.889. The highest BCUT2D eigenvalue weighted by atomic mass is 16.3. The Morgan fingerprint density at radius 1 is 1.38 bits per heavy atom. The molecule has 0 radical (unpaired) electrons. The van der Waals surface area contributed by atoms with E-state index in [1.165, 1.54) is 0 Å². The van der Waals surface area contributed by atoms with E-state index < -0.39 is 0 Å². The highest BCUT2D eigenvalue weighted by Gasteiger charge is 2.35. The molecule has 0 aromatic heterocycles. The normalized spacial score (nSPS) is 32.1. The molecule has 1 atom stereocenters. The number of aliphatic hydroxyl groups is 1. The van der Waals surface area contributed by atoms with Crippen molar-refractivity contribution >= 4 is 5.91 Å². The zero-order valence-corrected chi connectivity index (χ0v) is 7.70. The zero-order chi connectivity index (χ0) is 9.26. The predicted octanol–water partition coefficient (Wildman–Crippen LogP) is -0.668. The molecule has 2 fully saturated rings. The molecule has 13 heavy (non-hydrogen) atoms. The predicted molar refractivity (Wildman–Crippen MR) is 48.2 cm³/mol. The van der Waals surface area contributed by atoms with Gasteiger partial charge < -0.3 is 10.4 Å². The van der Waals surface area contributed by atoms with Gasteiger partial charge in [-0.25, -0.2) is 0 Å². The van der Waals surface area contributed by atoms with E-state index in [-0.39, 0.29) is 18.1 Å². The molecule has 2 N–H and O–H groups in total. The Morgan fingerprint density at radius 3 is 2.85 bits per heavy atom. The summed E-state index contributed by atoms with van der Waals surface area (Å²) in [6, 6.07) is 0.0194. The van der Waals surface area contributed by atoms with Gasteiger partial charge in [-0.05, 0) is 19.3 Å². The molecule has 0 spiro atoms. The summed E-state index contributed by atoms with van der Waals surface area (Å²) in [6.45, 7) is 2.14. The summed E-state index contributed by atoms with van der Waals surface area (Å²) in [5, 5.41) is 12.0. The van der Waals surface area contributed by atoms with Crippen LogP contribution in [0, 0.1) is 0 Å². The summed E-state index contributed by atoms with van der Waals surface area (Å²) in [7, 11) is 0. The molecule has 2 rings (SSSR count). The summed E-state index contributed by atoms with van der Waals surface area (Å²) in [5.74, 6) is 0.143. The highest BCUT2D eigenvalue weighted by molar-refractivity contribution is 5.82. The van der Waals surface area contributed by atoms with Crippen LogP contribution < -0.4 is 5.32 Å². The van der Waals surface area contributed by atoms with Crippen LogP contribution in [0.5, 0.6) is 0 Å². The average molecular weight is 184 g/mol. The maximum absolute atomic E-state index is 11.5. The first kappa shape index (κ1) is 8.97. The maximum Gasteiger partial charge on any atom is 0.237 e. The van der Waals surface area contributed by atoms with Crippen LogP contribution in [-0.2, 0) is 4.79 Å². The van der Waals surface area contributed by atoms with Crippen LogP contribution in [-0.4, -0.2) is 47.7 Å². The van der Waals surface area contributed by atoms with Crippen LogP contribution in [0.15, 0.2) is 0 Å². The third-order valence-corrected chi connectivity index (χ3v) is 2.84. The topological polar surface area (TPSA) is 52.6 Å². The number of nitrogens with one attached hydrogen (secondary N) is 1. The van der Waals surface area contributed by atoms with Gasteiger partial charge in [0.05, 0.1) is 12.1 Å². The Balaban J connectivity index is 1.91. The number of carbonyl (C=O) groups excluding carboxylic acids is 1. The molecular weight excluding hydrogens is 168 g/mol. The zero-order valence-electron chi connectivity index (χ0n) is 7.70. The molecule has 1 amide bonds. The van der Waals surface area contributed by atoms with Crippen molar-refractivity contribution in [2.24, 2.45) is 0 Å². The minimum Gasteiger partial charge on any atom is -0.390 e. The molecule has 0 saturated carbocycles. The van der Waals surface area contributed by atoms with Crippen molar-refractivity contribution in [3.05, 3.63) is 0 Å². The fourth-order valence-electron chi connectivity index (χ4n) is 2.01. The Labute approximate surface area is 77.9 Å². The Bertz CT molecular complexity index is 202. The molecule has 4 nitrogen and oxygen atoms in total. The van der Waals surface area contributed by atoms with Crippen LogP contribution in [0.3, 0.4) is 0 Å². The largest absolute Gasteiger partial charge is 0.390 e. The fourth-order valence-corrected chi connectivity index (χ4v) is 2.01. The van der Waals surface area contributed by atoms with Crippen LogP contribution in [0.25, 0.3) is 0 Å². The number of hydrogen-bond donors (Lipinski definition) is 2. The van der Waals surface area contributed by atoms with Gasteiger partial charge in [0.2, 0.25) is 5.91 Å². The van der Waals surface area contributed by atoms with Crippen LogP contribution in [0.4, 0.5) is 0 Å². The summed E-state index contributed by atoms with van der Waals surface area (Å²) in [4.78, 5) is 13.6. The van der Waals surface area contributed by atoms with E-state index in [2.05, 4.69) is 10.2 Å². The van der Waals surface area contributed by atoms with E-state index in [1.54, 1.807) is 0 Å². The molecule has 0 aromatic rings. The van der Waals surface area contributed by atoms with Crippen molar-refractivity contribution in [3.8, 4) is 0 Å². The van der Waals surface area contributed by atoms with Crippen molar-refractivity contribution in [2.75, 3.05) is 19.6 Å². The summed E-state index contributed by atoms with van der Waals surface area (Å²) >= 11 is 0. The first-order valence-electron chi connectivity index (χ1n) is 4.97. The third-order valence-electron chi connectivity index (χ3n) is 2.84. The van der Waals surface area contributed by atoms with Gasteiger partial charge in [0.15, 0.2) is 0 Å². The lowest BCUT2D eigenvalue weighted by Crippen LogP contribution is -2.59. The number of amides is 1. The van der Waals surface area contributed by atoms with E-state index in [0.717, 1.165) is 25.8 Å². The van der Waals surface area contributed by atoms with E-state index in [1.807, 2.05) is 0 Å². The Kier molecular flexibility index (Phi) is 2.51. The number of nitrogens with zero attached hydrogens (tertiary/aromatic N) is 1. The summed E-state index contributed by atoms with van der Waals surface area (Å²) in [6.07, 6.45) is 2.92. The molecule has 2 aliphatic heterocycles. The average Bonchev–Trinajstić information content (AvgIpc) is 2.25. The molecule has 2 heterocycles. The summed E-state index contributed by atoms with van der Waals surface area (Å²) < 4.78 is 0. The highest BCUT2D eigenvalue weighted by Crippen LogP contribution is 2.18. The van der Waals surface area contributed by atoms with E-state index >= 15 is 0 Å². The molecule has 74 valence electrons. The van der Waals surface area contributed by atoms with E-state index in [4.69, 9.17) is 5.11 Å². The minimum atomic E-state index is -0.212. The number of β-amino-alcohol motifs (C(OH)–C–C–N with tert-alkyl or cyclic N) is 1. The number of aliphatic hydroxyl groups excluding tert-OH is 1. The smallest absolute Gasteiger partial charge is 0.237 e. The lowest BCUT2D eigenvalue weighted by Gasteiger charge is -2.40. The van der Waals surface area contributed by atoms with Gasteiger partial charge in [-0.3, -0.25) is 9.69 Å². The van der Waals surface area contributed by atoms with Crippen molar-refractivity contribution in [1.82, 2.24) is 10.2 Å². The quantitative estimate of drug-likeness (QED) is 0.568. The molecule has 0 aliphatic carbocycles. The molecular formula is C9H16N2O2. The van der Waals surface area contributed by atoms with Gasteiger partial charge in [0.1, 0.15) is 0 Å². The second-order valence-electron chi connectivity index (χ2n) is 3.91. The number of carbonyl (C=O) groups is 1. The second kappa shape index (κ2) is 3.64. The van der Waals surface area contributed by atoms with Crippen LogP contribution in [0.1, 0.15) is 19.3 Å². The van der Waals surface area contributed by atoms with Crippen LogP contribution >= 0.6 is 0 Å². The lowest BCUT2D eigenvalue weighted by molar-refractivity contribution is -0.130. The van der Waals surface area contributed by atoms with Gasteiger partial charge in [0.25, 0.3) is 0 Å². The standard InChI is InChI=1S/C9H16N2O2/c12-7-5-11(6-7)8-3-1-2-4-10-9(8)13/h7-8,12H,1-6H2,(H,10,13). The van der Waals surface area contributed by atoms with Crippen LogP contribution in [0.2, 0.25) is 0 Å². The number of likely N-dealkylation sites (tertiary alicyclic amines) is 1. The van der Waals surface area contributed by atoms with E-state index in [9.17, 15) is 4.79 Å². The summed E-state index contributed by atoms with van der Waals surface area (Å²) in [5.41, 5.74) is 0. The monoisotopic (exact) mass is 184 g/mol. The molecule has 2 saturated heterocycles. The molecule has 0 bridgehead atoms. The van der Waals surface area contributed by atoms with Gasteiger partial charge in [-0.2, -0.15) is 0 Å². The minimum absolute atomic E-state index is 0.0194. The van der Waals surface area contributed by atoms with Crippen molar-refractivity contribution < 1.29 is 9.90 Å². The van der Waals surface area contributed by atoms with Crippen molar-refractivity contribution in [2.45, 2.75) is 31.4 Å². The van der Waals surface area contributed by atoms with E-state index in [0.29, 0.717) is 13.1 Å². The van der Waals surface area contributed by atoms with Gasteiger partial charge in [0, 0.05) is 19.6 Å². The SMILES string of the molecule is O=C1NCCCCC1N1CC(O)C1. The number of hydrogen-bond acceptors (Lipinski definition) is 3. The van der Waals surface area contributed by atoms with Crippen molar-refractivity contribution in [3.63, 3.8) is 0 Å². The van der Waals surface area contributed by atoms with Crippen molar-refractivity contribution in [1.29, 1.82) is 0 Å². The third kappa shape index (κ3) is 1.84. The van der Waals surface area contributed by atoms with Gasteiger partial charge >= 0.3 is 0 Å². The Hall–Kier alpha value is -0.610. The van der Waals surface area contributed by atoms with Gasteiger partial charge in [-0.15, -0.1) is 0 Å². The van der Waals surface area contributed by atoms with Gasteiger partial charge in [-0.1, -0.05) is 0 Å². The second-order valence-corrected chi connectivity index (χ2v) is 3.91. The molecule has 1 unspecified atom stereocenters. The number of rotatable bonds is 1. The Morgan fingerprint density at radius 2 is 2.15 bits per heavy atom. The molecule has 2 aliphatic rings.